The summed E-state index contributed by atoms with van der Waals surface area (Å²) in [5, 5.41) is 0. The molecule has 1 heterocycles. The van der Waals surface area contributed by atoms with Crippen LogP contribution < -0.4 is 5.73 Å². The van der Waals surface area contributed by atoms with Gasteiger partial charge in [0, 0.05) is 17.3 Å². The number of hydrogen-bond donors (Lipinski definition) is 1. The van der Waals surface area contributed by atoms with Gasteiger partial charge in [0.1, 0.15) is 5.82 Å². The second-order valence-corrected chi connectivity index (χ2v) is 4.07. The number of halogens is 1. The molecule has 0 unspecified atom stereocenters. The second-order valence-electron chi connectivity index (χ2n) is 4.07. The minimum atomic E-state index is -0.453. The predicted molar refractivity (Wildman–Crippen MR) is 53.1 cm³/mol. The third-order valence-corrected chi connectivity index (χ3v) is 3.05. The Hall–Kier alpha value is -0.960. The lowest BCUT2D eigenvalue weighted by Gasteiger charge is -2.33. The normalized spacial score (nSPS) is 20.7. The average Bonchev–Trinajstić information content (AvgIpc) is 2.19. The Balaban J connectivity index is 2.32. The van der Waals surface area contributed by atoms with E-state index in [1.165, 1.54) is 12.6 Å². The molecule has 1 fully saturated rings. The largest absolute Gasteiger partial charge is 0.321 e. The molecular weight excluding hydrogens is 179 g/mol. The summed E-state index contributed by atoms with van der Waals surface area (Å²) in [4.78, 5) is 3.74. The highest BCUT2D eigenvalue weighted by molar-refractivity contribution is 5.23. The Labute approximate surface area is 83.3 Å². The molecule has 1 aliphatic carbocycles. The number of aromatic nitrogens is 1. The zero-order valence-corrected chi connectivity index (χ0v) is 8.17. The molecule has 0 spiro atoms. The minimum Gasteiger partial charge on any atom is -0.321 e. The van der Waals surface area contributed by atoms with E-state index in [1.807, 2.05) is 0 Å². The van der Waals surface area contributed by atoms with Crippen LogP contribution in [0.25, 0.3) is 0 Å². The van der Waals surface area contributed by atoms with E-state index in [0.717, 1.165) is 25.7 Å². The van der Waals surface area contributed by atoms with Crippen molar-refractivity contribution in [2.45, 2.75) is 37.6 Å². The molecule has 0 aromatic carbocycles. The van der Waals surface area contributed by atoms with Crippen molar-refractivity contribution in [1.82, 2.24) is 4.98 Å². The van der Waals surface area contributed by atoms with Crippen LogP contribution in [0.5, 0.6) is 0 Å². The Morgan fingerprint density at radius 2 is 2.00 bits per heavy atom. The van der Waals surface area contributed by atoms with E-state index < -0.39 is 5.54 Å². The van der Waals surface area contributed by atoms with Crippen molar-refractivity contribution in [2.24, 2.45) is 5.73 Å². The number of nitrogens with two attached hydrogens (primary N) is 1. The highest BCUT2D eigenvalue weighted by atomic mass is 19.1. The first-order valence-electron chi connectivity index (χ1n) is 5.11. The topological polar surface area (TPSA) is 38.9 Å². The molecule has 1 aromatic rings. The number of nitrogens with zero attached hydrogens (tertiary/aromatic N) is 1. The first-order valence-corrected chi connectivity index (χ1v) is 5.11. The van der Waals surface area contributed by atoms with E-state index in [1.54, 1.807) is 12.3 Å². The Bertz CT molecular complexity index is 319. The molecule has 2 nitrogen and oxygen atoms in total. The number of pyridine rings is 1. The van der Waals surface area contributed by atoms with Gasteiger partial charge in [-0.1, -0.05) is 19.3 Å². The van der Waals surface area contributed by atoms with Gasteiger partial charge in [-0.25, -0.2) is 4.39 Å². The standard InChI is InChI=1S/C11H15FN2/c12-10-8-14-7-4-9(10)11(13)5-2-1-3-6-11/h4,7-8H,1-3,5-6,13H2. The lowest BCUT2D eigenvalue weighted by Crippen LogP contribution is -2.39. The Kier molecular flexibility index (Phi) is 2.50. The first-order chi connectivity index (χ1) is 6.72. The summed E-state index contributed by atoms with van der Waals surface area (Å²) in [5.41, 5.74) is 6.39. The van der Waals surface area contributed by atoms with Crippen molar-refractivity contribution in [3.05, 3.63) is 29.8 Å². The van der Waals surface area contributed by atoms with E-state index in [-0.39, 0.29) is 5.82 Å². The summed E-state index contributed by atoms with van der Waals surface area (Å²) in [7, 11) is 0. The van der Waals surface area contributed by atoms with Crippen molar-refractivity contribution in [1.29, 1.82) is 0 Å². The maximum Gasteiger partial charge on any atom is 0.146 e. The zero-order chi connectivity index (χ0) is 10.0. The molecule has 1 aromatic heterocycles. The van der Waals surface area contributed by atoms with Crippen molar-refractivity contribution in [3.63, 3.8) is 0 Å². The van der Waals surface area contributed by atoms with Crippen molar-refractivity contribution >= 4 is 0 Å². The van der Waals surface area contributed by atoms with Gasteiger partial charge in [0.25, 0.3) is 0 Å². The molecule has 3 heteroatoms. The average molecular weight is 194 g/mol. The lowest BCUT2D eigenvalue weighted by atomic mass is 9.77. The molecule has 14 heavy (non-hydrogen) atoms. The van der Waals surface area contributed by atoms with Crippen molar-refractivity contribution in [2.75, 3.05) is 0 Å². The van der Waals surface area contributed by atoms with Gasteiger partial charge < -0.3 is 5.73 Å². The van der Waals surface area contributed by atoms with Crippen molar-refractivity contribution < 1.29 is 4.39 Å². The molecule has 2 N–H and O–H groups in total. The van der Waals surface area contributed by atoms with E-state index >= 15 is 0 Å². The highest BCUT2D eigenvalue weighted by Crippen LogP contribution is 2.35. The molecule has 1 saturated carbocycles. The van der Waals surface area contributed by atoms with Crippen LogP contribution in [-0.2, 0) is 5.54 Å². The fraction of sp³-hybridized carbons (Fsp3) is 0.545. The van der Waals surface area contributed by atoms with E-state index in [2.05, 4.69) is 4.98 Å². The van der Waals surface area contributed by atoms with Crippen LogP contribution in [0.1, 0.15) is 37.7 Å². The number of rotatable bonds is 1. The van der Waals surface area contributed by atoms with Gasteiger partial charge in [-0.2, -0.15) is 0 Å². The molecule has 0 aliphatic heterocycles. The van der Waals surface area contributed by atoms with Gasteiger partial charge in [0.15, 0.2) is 0 Å². The molecule has 0 saturated heterocycles. The number of hydrogen-bond acceptors (Lipinski definition) is 2. The van der Waals surface area contributed by atoms with Crippen LogP contribution in [-0.4, -0.2) is 4.98 Å². The maximum absolute atomic E-state index is 13.5. The van der Waals surface area contributed by atoms with Gasteiger partial charge in [-0.15, -0.1) is 0 Å². The monoisotopic (exact) mass is 194 g/mol. The van der Waals surface area contributed by atoms with Crippen LogP contribution in [0.15, 0.2) is 18.5 Å². The van der Waals surface area contributed by atoms with Crippen LogP contribution >= 0.6 is 0 Å². The summed E-state index contributed by atoms with van der Waals surface area (Å²) in [6.07, 6.45) is 8.03. The summed E-state index contributed by atoms with van der Waals surface area (Å²) in [6.45, 7) is 0. The Morgan fingerprint density at radius 1 is 1.29 bits per heavy atom. The molecule has 0 atom stereocenters. The smallest absolute Gasteiger partial charge is 0.146 e. The lowest BCUT2D eigenvalue weighted by molar-refractivity contribution is 0.292. The molecule has 0 bridgehead atoms. The fourth-order valence-electron chi connectivity index (χ4n) is 2.23. The van der Waals surface area contributed by atoms with Crippen LogP contribution in [0, 0.1) is 5.82 Å². The highest BCUT2D eigenvalue weighted by Gasteiger charge is 2.31. The molecule has 0 radical (unpaired) electrons. The van der Waals surface area contributed by atoms with E-state index in [9.17, 15) is 4.39 Å². The molecular formula is C11H15FN2. The van der Waals surface area contributed by atoms with Crippen LogP contribution in [0.4, 0.5) is 4.39 Å². The fourth-order valence-corrected chi connectivity index (χ4v) is 2.23. The molecule has 1 aliphatic rings. The SMILES string of the molecule is NC1(c2ccncc2F)CCCCC1. The van der Waals surface area contributed by atoms with Crippen LogP contribution in [0.3, 0.4) is 0 Å². The Morgan fingerprint density at radius 3 is 2.64 bits per heavy atom. The van der Waals surface area contributed by atoms with Crippen LogP contribution in [0.2, 0.25) is 0 Å². The third-order valence-electron chi connectivity index (χ3n) is 3.05. The minimum absolute atomic E-state index is 0.267. The summed E-state index contributed by atoms with van der Waals surface area (Å²) >= 11 is 0. The van der Waals surface area contributed by atoms with Gasteiger partial charge in [0.2, 0.25) is 0 Å². The first kappa shape index (κ1) is 9.59. The third kappa shape index (κ3) is 1.64. The summed E-state index contributed by atoms with van der Waals surface area (Å²) < 4.78 is 13.5. The molecule has 76 valence electrons. The maximum atomic E-state index is 13.5. The zero-order valence-electron chi connectivity index (χ0n) is 8.17. The van der Waals surface area contributed by atoms with Crippen molar-refractivity contribution in [3.8, 4) is 0 Å². The van der Waals surface area contributed by atoms with Gasteiger partial charge >= 0.3 is 0 Å². The summed E-state index contributed by atoms with van der Waals surface area (Å²) in [6, 6.07) is 1.71. The summed E-state index contributed by atoms with van der Waals surface area (Å²) in [5.74, 6) is -0.267. The quantitative estimate of drug-likeness (QED) is 0.745. The molecule has 2 rings (SSSR count). The van der Waals surface area contributed by atoms with Gasteiger partial charge in [-0.3, -0.25) is 4.98 Å². The molecule has 0 amide bonds. The van der Waals surface area contributed by atoms with E-state index in [0.29, 0.717) is 5.56 Å². The van der Waals surface area contributed by atoms with Gasteiger partial charge in [-0.05, 0) is 18.9 Å². The second kappa shape index (κ2) is 3.65. The van der Waals surface area contributed by atoms with Gasteiger partial charge in [0.05, 0.1) is 6.20 Å². The van der Waals surface area contributed by atoms with E-state index in [4.69, 9.17) is 5.73 Å². The predicted octanol–water partition coefficient (Wildman–Crippen LogP) is 2.34.